The number of rotatable bonds is 7. The zero-order chi connectivity index (χ0) is 11.1. The fourth-order valence-corrected chi connectivity index (χ4v) is 1.17. The summed E-state index contributed by atoms with van der Waals surface area (Å²) in [5.74, 6) is 1.91. The van der Waals surface area contributed by atoms with Crippen molar-refractivity contribution < 1.29 is 9.26 Å². The minimum atomic E-state index is 0.499. The van der Waals surface area contributed by atoms with Crippen LogP contribution in [0, 0.1) is 5.92 Å². The van der Waals surface area contributed by atoms with Gasteiger partial charge in [-0.3, -0.25) is 0 Å². The summed E-state index contributed by atoms with van der Waals surface area (Å²) in [5.41, 5.74) is 5.52. The zero-order valence-corrected chi connectivity index (χ0v) is 9.40. The number of methoxy groups -OCH3 is 1. The third-order valence-electron chi connectivity index (χ3n) is 2.29. The maximum Gasteiger partial charge on any atom is 0.226 e. The highest BCUT2D eigenvalue weighted by Gasteiger charge is 2.07. The second kappa shape index (κ2) is 6.53. The normalized spacial score (nSPS) is 13.0. The molecule has 1 unspecified atom stereocenters. The van der Waals surface area contributed by atoms with Gasteiger partial charge in [-0.25, -0.2) is 0 Å². The van der Waals surface area contributed by atoms with E-state index in [9.17, 15) is 0 Å². The van der Waals surface area contributed by atoms with Crippen LogP contribution >= 0.6 is 0 Å². The molecule has 15 heavy (non-hydrogen) atoms. The van der Waals surface area contributed by atoms with E-state index in [1.165, 1.54) is 0 Å². The highest BCUT2D eigenvalue weighted by Crippen LogP contribution is 2.07. The molecule has 5 nitrogen and oxygen atoms in total. The molecule has 0 aromatic carbocycles. The molecule has 0 radical (unpaired) electrons. The molecule has 0 spiro atoms. The average Bonchev–Trinajstić information content (AvgIpc) is 2.71. The minimum Gasteiger partial charge on any atom is -0.384 e. The van der Waals surface area contributed by atoms with E-state index in [-0.39, 0.29) is 0 Å². The summed E-state index contributed by atoms with van der Waals surface area (Å²) in [7, 11) is 1.66. The Kier molecular flexibility index (Phi) is 5.28. The number of aromatic nitrogens is 2. The van der Waals surface area contributed by atoms with E-state index in [0.29, 0.717) is 37.2 Å². The van der Waals surface area contributed by atoms with Crippen LogP contribution in [-0.4, -0.2) is 30.4 Å². The number of hydrogen-bond acceptors (Lipinski definition) is 5. The molecular formula is C10H19N3O2. The van der Waals surface area contributed by atoms with Gasteiger partial charge in [-0.2, -0.15) is 4.98 Å². The van der Waals surface area contributed by atoms with Crippen molar-refractivity contribution in [1.29, 1.82) is 0 Å². The lowest BCUT2D eigenvalue weighted by atomic mass is 10.1. The number of nitrogens with two attached hydrogens (primary N) is 1. The van der Waals surface area contributed by atoms with E-state index in [1.807, 2.05) is 0 Å². The quantitative estimate of drug-likeness (QED) is 0.724. The van der Waals surface area contributed by atoms with Gasteiger partial charge in [0.25, 0.3) is 0 Å². The van der Waals surface area contributed by atoms with Crippen LogP contribution in [0.4, 0.5) is 0 Å². The molecule has 1 aromatic heterocycles. The van der Waals surface area contributed by atoms with Crippen LogP contribution in [0.25, 0.3) is 0 Å². The lowest BCUT2D eigenvalue weighted by Gasteiger charge is -2.03. The second-order valence-electron chi connectivity index (χ2n) is 3.73. The third kappa shape index (κ3) is 4.40. The van der Waals surface area contributed by atoms with Gasteiger partial charge < -0.3 is 15.0 Å². The molecule has 0 aliphatic heterocycles. The molecule has 0 bridgehead atoms. The van der Waals surface area contributed by atoms with E-state index in [1.54, 1.807) is 7.11 Å². The molecule has 1 heterocycles. The summed E-state index contributed by atoms with van der Waals surface area (Å²) in [4.78, 5) is 4.26. The van der Waals surface area contributed by atoms with Crippen molar-refractivity contribution in [2.24, 2.45) is 11.7 Å². The molecule has 2 N–H and O–H groups in total. The molecule has 5 heteroatoms. The van der Waals surface area contributed by atoms with Crippen molar-refractivity contribution >= 4 is 0 Å². The van der Waals surface area contributed by atoms with E-state index in [2.05, 4.69) is 17.1 Å². The highest BCUT2D eigenvalue weighted by atomic mass is 16.5. The van der Waals surface area contributed by atoms with E-state index < -0.39 is 0 Å². The number of ether oxygens (including phenoxy) is 1. The van der Waals surface area contributed by atoms with Gasteiger partial charge in [-0.1, -0.05) is 12.1 Å². The fraction of sp³-hybridized carbons (Fsp3) is 0.800. The van der Waals surface area contributed by atoms with E-state index >= 15 is 0 Å². The van der Waals surface area contributed by atoms with Crippen LogP contribution in [0.1, 0.15) is 25.1 Å². The standard InChI is InChI=1S/C10H19N3O2/c1-8(7-11)3-4-10-12-9(13-15-10)5-6-14-2/h8H,3-7,11H2,1-2H3. The smallest absolute Gasteiger partial charge is 0.226 e. The first-order chi connectivity index (χ1) is 7.26. The lowest BCUT2D eigenvalue weighted by molar-refractivity contribution is 0.199. The third-order valence-corrected chi connectivity index (χ3v) is 2.29. The van der Waals surface area contributed by atoms with Crippen molar-refractivity contribution in [3.8, 4) is 0 Å². The van der Waals surface area contributed by atoms with Crippen molar-refractivity contribution in [2.75, 3.05) is 20.3 Å². The summed E-state index contributed by atoms with van der Waals surface area (Å²) in [6.45, 7) is 3.44. The van der Waals surface area contributed by atoms with Crippen LogP contribution in [-0.2, 0) is 17.6 Å². The van der Waals surface area contributed by atoms with Crippen LogP contribution in [0.3, 0.4) is 0 Å². The van der Waals surface area contributed by atoms with Gasteiger partial charge in [-0.05, 0) is 18.9 Å². The molecule has 0 saturated carbocycles. The van der Waals surface area contributed by atoms with Crippen molar-refractivity contribution in [3.05, 3.63) is 11.7 Å². The topological polar surface area (TPSA) is 74.2 Å². The monoisotopic (exact) mass is 213 g/mol. The summed E-state index contributed by atoms with van der Waals surface area (Å²) in [6, 6.07) is 0. The predicted octanol–water partition coefficient (Wildman–Crippen LogP) is 0.786. The maximum absolute atomic E-state index is 5.52. The van der Waals surface area contributed by atoms with Gasteiger partial charge in [0.05, 0.1) is 6.61 Å². The molecule has 0 fully saturated rings. The summed E-state index contributed by atoms with van der Waals surface area (Å²) < 4.78 is 10.0. The largest absolute Gasteiger partial charge is 0.384 e. The summed E-state index contributed by atoms with van der Waals surface area (Å²) >= 11 is 0. The average molecular weight is 213 g/mol. The first-order valence-electron chi connectivity index (χ1n) is 5.26. The van der Waals surface area contributed by atoms with Crippen molar-refractivity contribution in [3.63, 3.8) is 0 Å². The first-order valence-corrected chi connectivity index (χ1v) is 5.26. The van der Waals surface area contributed by atoms with Gasteiger partial charge in [0.1, 0.15) is 0 Å². The SMILES string of the molecule is COCCc1noc(CCC(C)CN)n1. The molecule has 1 atom stereocenters. The first kappa shape index (κ1) is 12.1. The van der Waals surface area contributed by atoms with Gasteiger partial charge >= 0.3 is 0 Å². The Labute approximate surface area is 90.0 Å². The highest BCUT2D eigenvalue weighted by molar-refractivity contribution is 4.86. The molecule has 0 amide bonds. The van der Waals surface area contributed by atoms with Crippen LogP contribution in [0.5, 0.6) is 0 Å². The molecule has 1 rings (SSSR count). The van der Waals surface area contributed by atoms with Gasteiger partial charge in [0.2, 0.25) is 5.89 Å². The Morgan fingerprint density at radius 3 is 2.93 bits per heavy atom. The second-order valence-corrected chi connectivity index (χ2v) is 3.73. The minimum absolute atomic E-state index is 0.499. The van der Waals surface area contributed by atoms with Crippen molar-refractivity contribution in [2.45, 2.75) is 26.2 Å². The Morgan fingerprint density at radius 2 is 2.27 bits per heavy atom. The fourth-order valence-electron chi connectivity index (χ4n) is 1.17. The Bertz CT molecular complexity index is 275. The number of aryl methyl sites for hydroxylation is 1. The molecule has 1 aromatic rings. The lowest BCUT2D eigenvalue weighted by Crippen LogP contribution is -2.11. The molecule has 0 aliphatic carbocycles. The molecule has 0 saturated heterocycles. The number of nitrogens with zero attached hydrogens (tertiary/aromatic N) is 2. The Morgan fingerprint density at radius 1 is 1.47 bits per heavy atom. The van der Waals surface area contributed by atoms with Crippen LogP contribution in [0.15, 0.2) is 4.52 Å². The van der Waals surface area contributed by atoms with Gasteiger partial charge in [0.15, 0.2) is 5.82 Å². The van der Waals surface area contributed by atoms with Crippen LogP contribution in [0.2, 0.25) is 0 Å². The molecule has 86 valence electrons. The van der Waals surface area contributed by atoms with Gasteiger partial charge in [0, 0.05) is 20.0 Å². The zero-order valence-electron chi connectivity index (χ0n) is 9.40. The molecule has 0 aliphatic rings. The Hall–Kier alpha value is -0.940. The van der Waals surface area contributed by atoms with Crippen molar-refractivity contribution in [1.82, 2.24) is 10.1 Å². The van der Waals surface area contributed by atoms with Crippen LogP contribution < -0.4 is 5.73 Å². The molecular weight excluding hydrogens is 194 g/mol. The predicted molar refractivity (Wildman–Crippen MR) is 56.4 cm³/mol. The maximum atomic E-state index is 5.52. The van der Waals surface area contributed by atoms with E-state index in [0.717, 1.165) is 12.8 Å². The Balaban J connectivity index is 2.32. The van der Waals surface area contributed by atoms with Gasteiger partial charge in [-0.15, -0.1) is 0 Å². The van der Waals surface area contributed by atoms with E-state index in [4.69, 9.17) is 15.0 Å². The number of hydrogen-bond donors (Lipinski definition) is 1. The summed E-state index contributed by atoms with van der Waals surface area (Å²) in [5, 5.41) is 3.86. The summed E-state index contributed by atoms with van der Waals surface area (Å²) in [6.07, 6.45) is 2.49.